The maximum absolute atomic E-state index is 13.0. The predicted molar refractivity (Wildman–Crippen MR) is 112 cm³/mol. The first-order chi connectivity index (χ1) is 12.8. The van der Waals surface area contributed by atoms with Gasteiger partial charge >= 0.3 is 13.1 Å². The van der Waals surface area contributed by atoms with Crippen LogP contribution in [0.4, 0.5) is 0 Å². The summed E-state index contributed by atoms with van der Waals surface area (Å²) in [6, 6.07) is 2.47. The Bertz CT molecular complexity index is 768. The monoisotopic (exact) mass is 409 g/mol. The van der Waals surface area contributed by atoms with Gasteiger partial charge in [0.2, 0.25) is 0 Å². The van der Waals surface area contributed by atoms with Gasteiger partial charge in [-0.25, -0.2) is 4.79 Å². The number of esters is 1. The number of carbonyl (C=O) groups is 1. The van der Waals surface area contributed by atoms with Crippen molar-refractivity contribution in [1.82, 2.24) is 4.57 Å². The maximum Gasteiger partial charge on any atom is 0.500 e. The van der Waals surface area contributed by atoms with Crippen molar-refractivity contribution < 1.29 is 23.6 Å². The van der Waals surface area contributed by atoms with Gasteiger partial charge in [-0.15, -0.1) is 0 Å². The van der Waals surface area contributed by atoms with Gasteiger partial charge in [0.1, 0.15) is 6.73 Å². The molecule has 2 heterocycles. The lowest BCUT2D eigenvalue weighted by molar-refractivity contribution is 0.00578. The number of hydrogen-bond acceptors (Lipinski definition) is 6. The highest BCUT2D eigenvalue weighted by Crippen LogP contribution is 2.36. The fraction of sp³-hybridized carbons (Fsp3) is 0.684. The van der Waals surface area contributed by atoms with Crippen LogP contribution >= 0.6 is 0 Å². The summed E-state index contributed by atoms with van der Waals surface area (Å²) in [6.07, 6.45) is 1.46. The Morgan fingerprint density at radius 3 is 2.25 bits per heavy atom. The van der Waals surface area contributed by atoms with Crippen molar-refractivity contribution in [2.75, 3.05) is 13.7 Å². The molecule has 0 bridgehead atoms. The third-order valence-corrected chi connectivity index (χ3v) is 6.97. The van der Waals surface area contributed by atoms with Crippen molar-refractivity contribution in [3.63, 3.8) is 0 Å². The second-order valence-electron chi connectivity index (χ2n) is 9.39. The topological polar surface area (TPSA) is 76.0 Å². The number of pyridine rings is 1. The van der Waals surface area contributed by atoms with E-state index in [9.17, 15) is 9.59 Å². The molecule has 0 N–H and O–H groups in total. The number of rotatable bonds is 7. The quantitative estimate of drug-likeness (QED) is 0.391. The van der Waals surface area contributed by atoms with Crippen LogP contribution in [0.2, 0.25) is 25.7 Å². The first-order valence-electron chi connectivity index (χ1n) is 9.53. The second kappa shape index (κ2) is 8.14. The molecule has 0 radical (unpaired) electrons. The second-order valence-corrected chi connectivity index (χ2v) is 15.0. The molecule has 0 amide bonds. The summed E-state index contributed by atoms with van der Waals surface area (Å²) >= 11 is 0. The highest BCUT2D eigenvalue weighted by molar-refractivity contribution is 6.76. The van der Waals surface area contributed by atoms with Gasteiger partial charge in [0.25, 0.3) is 5.56 Å². The molecule has 0 atom stereocenters. The van der Waals surface area contributed by atoms with Crippen molar-refractivity contribution in [2.24, 2.45) is 0 Å². The average Bonchev–Trinajstić information content (AvgIpc) is 2.78. The molecule has 1 aromatic rings. The zero-order chi connectivity index (χ0) is 21.3. The molecule has 0 aliphatic carbocycles. The van der Waals surface area contributed by atoms with E-state index in [0.717, 1.165) is 6.04 Å². The van der Waals surface area contributed by atoms with E-state index >= 15 is 0 Å². The van der Waals surface area contributed by atoms with Crippen LogP contribution in [-0.2, 0) is 25.5 Å². The minimum Gasteiger partial charge on any atom is -0.465 e. The van der Waals surface area contributed by atoms with E-state index in [1.165, 1.54) is 23.9 Å². The summed E-state index contributed by atoms with van der Waals surface area (Å²) in [4.78, 5) is 25.1. The number of ether oxygens (including phenoxy) is 2. The van der Waals surface area contributed by atoms with Crippen molar-refractivity contribution in [2.45, 2.75) is 71.3 Å². The molecule has 0 saturated carbocycles. The lowest BCUT2D eigenvalue weighted by Gasteiger charge is -2.32. The Hall–Kier alpha value is -1.42. The highest BCUT2D eigenvalue weighted by atomic mass is 28.3. The van der Waals surface area contributed by atoms with Crippen LogP contribution in [0.3, 0.4) is 0 Å². The molecule has 1 aromatic heterocycles. The molecule has 0 aromatic carbocycles. The van der Waals surface area contributed by atoms with Crippen LogP contribution in [0.1, 0.15) is 38.1 Å². The Kier molecular flexibility index (Phi) is 6.65. The smallest absolute Gasteiger partial charge is 0.465 e. The number of carbonyl (C=O) groups excluding carboxylic acids is 1. The molecular formula is C19H32BNO6Si. The predicted octanol–water partition coefficient (Wildman–Crippen LogP) is 2.25. The summed E-state index contributed by atoms with van der Waals surface area (Å²) in [6.45, 7) is 15.1. The first-order valence-corrected chi connectivity index (χ1v) is 13.2. The SMILES string of the molecule is COC(=O)c1cc(B2OC(C)(C)C(C)(C)O2)c(=O)n(COCC[Si](C)(C)C)c1. The lowest BCUT2D eigenvalue weighted by atomic mass is 9.79. The average molecular weight is 409 g/mol. The van der Waals surface area contributed by atoms with Gasteiger partial charge in [-0.1, -0.05) is 19.6 Å². The molecule has 1 aliphatic heterocycles. The summed E-state index contributed by atoms with van der Waals surface area (Å²) < 4.78 is 23.9. The van der Waals surface area contributed by atoms with Crippen LogP contribution in [0.5, 0.6) is 0 Å². The van der Waals surface area contributed by atoms with Gasteiger partial charge in [-0.2, -0.15) is 0 Å². The summed E-state index contributed by atoms with van der Waals surface area (Å²) in [5, 5.41) is 0. The molecule has 9 heteroatoms. The van der Waals surface area contributed by atoms with Crippen LogP contribution in [0.15, 0.2) is 17.1 Å². The number of hydrogen-bond donors (Lipinski definition) is 0. The van der Waals surface area contributed by atoms with Crippen LogP contribution in [-0.4, -0.2) is 50.6 Å². The van der Waals surface area contributed by atoms with Gasteiger partial charge in [0.05, 0.1) is 23.9 Å². The van der Waals surface area contributed by atoms with Crippen molar-refractivity contribution in [3.8, 4) is 0 Å². The minimum absolute atomic E-state index is 0.0562. The fourth-order valence-corrected chi connectivity index (χ4v) is 3.42. The maximum atomic E-state index is 13.0. The molecule has 156 valence electrons. The normalized spacial score (nSPS) is 18.4. The number of aromatic nitrogens is 1. The molecule has 28 heavy (non-hydrogen) atoms. The molecular weight excluding hydrogens is 377 g/mol. The Morgan fingerprint density at radius 1 is 1.18 bits per heavy atom. The van der Waals surface area contributed by atoms with E-state index in [4.69, 9.17) is 18.8 Å². The van der Waals surface area contributed by atoms with E-state index < -0.39 is 32.4 Å². The summed E-state index contributed by atoms with van der Waals surface area (Å²) in [7, 11) is -0.797. The minimum atomic E-state index is -1.23. The van der Waals surface area contributed by atoms with E-state index in [2.05, 4.69) is 19.6 Å². The molecule has 2 rings (SSSR count). The Morgan fingerprint density at radius 2 is 1.75 bits per heavy atom. The van der Waals surface area contributed by atoms with E-state index in [-0.39, 0.29) is 23.3 Å². The summed E-state index contributed by atoms with van der Waals surface area (Å²) in [5.74, 6) is -0.534. The zero-order valence-corrected chi connectivity index (χ0v) is 19.3. The molecule has 1 fully saturated rings. The van der Waals surface area contributed by atoms with Crippen molar-refractivity contribution in [3.05, 3.63) is 28.2 Å². The summed E-state index contributed by atoms with van der Waals surface area (Å²) in [5.41, 5.74) is -0.983. The van der Waals surface area contributed by atoms with Crippen molar-refractivity contribution in [1.29, 1.82) is 0 Å². The van der Waals surface area contributed by atoms with Gasteiger partial charge in [-0.05, 0) is 39.8 Å². The third-order valence-electron chi connectivity index (χ3n) is 5.27. The Balaban J connectivity index is 2.33. The van der Waals surface area contributed by atoms with Crippen molar-refractivity contribution >= 4 is 26.6 Å². The molecule has 1 aliphatic rings. The first kappa shape index (κ1) is 22.9. The fourth-order valence-electron chi connectivity index (χ4n) is 2.66. The van der Waals surface area contributed by atoms with Gasteiger partial charge in [0, 0.05) is 26.3 Å². The number of nitrogens with zero attached hydrogens (tertiary/aromatic N) is 1. The molecule has 0 spiro atoms. The third kappa shape index (κ3) is 5.14. The number of methoxy groups -OCH3 is 1. The zero-order valence-electron chi connectivity index (χ0n) is 18.3. The van der Waals surface area contributed by atoms with E-state index in [0.29, 0.717) is 6.61 Å². The van der Waals surface area contributed by atoms with E-state index in [1.54, 1.807) is 0 Å². The lowest BCUT2D eigenvalue weighted by Crippen LogP contribution is -2.48. The van der Waals surface area contributed by atoms with Gasteiger partial charge < -0.3 is 18.8 Å². The molecule has 1 saturated heterocycles. The largest absolute Gasteiger partial charge is 0.500 e. The van der Waals surface area contributed by atoms with Crippen LogP contribution < -0.4 is 11.0 Å². The van der Waals surface area contributed by atoms with E-state index in [1.807, 2.05) is 27.7 Å². The Labute approximate surface area is 168 Å². The molecule has 0 unspecified atom stereocenters. The molecule has 7 nitrogen and oxygen atoms in total. The van der Waals surface area contributed by atoms with Crippen LogP contribution in [0, 0.1) is 0 Å². The highest BCUT2D eigenvalue weighted by Gasteiger charge is 2.52. The van der Waals surface area contributed by atoms with Gasteiger partial charge in [0.15, 0.2) is 0 Å². The standard InChI is InChI=1S/C19H32BNO6Si/c1-18(2)19(3,4)27-20(26-18)15-11-14(17(23)24-5)12-21(16(15)22)13-25-9-10-28(6,7)8/h11-12H,9-10,13H2,1-8H3. The van der Waals surface area contributed by atoms with Gasteiger partial charge in [-0.3, -0.25) is 9.36 Å². The van der Waals surface area contributed by atoms with Crippen LogP contribution in [0.25, 0.3) is 0 Å².